The lowest BCUT2D eigenvalue weighted by molar-refractivity contribution is -0.116. The summed E-state index contributed by atoms with van der Waals surface area (Å²) in [7, 11) is 1.52. The molecule has 0 fully saturated rings. The van der Waals surface area contributed by atoms with Gasteiger partial charge in [0, 0.05) is 5.56 Å². The Labute approximate surface area is 93.0 Å². The van der Waals surface area contributed by atoms with Crippen LogP contribution in [0.4, 0.5) is 0 Å². The summed E-state index contributed by atoms with van der Waals surface area (Å²) in [4.78, 5) is 22.3. The molecule has 15 heavy (non-hydrogen) atoms. The van der Waals surface area contributed by atoms with Crippen LogP contribution >= 0.6 is 11.6 Å². The Balaban J connectivity index is 2.95. The molecule has 0 unspecified atom stereocenters. The van der Waals surface area contributed by atoms with Gasteiger partial charge >= 0.3 is 0 Å². The minimum atomic E-state index is -0.268. The first-order valence-electron chi connectivity index (χ1n) is 4.40. The Morgan fingerprint density at radius 1 is 1.40 bits per heavy atom. The van der Waals surface area contributed by atoms with Crippen LogP contribution in [0.25, 0.3) is 0 Å². The number of halogens is 1. The van der Waals surface area contributed by atoms with E-state index in [4.69, 9.17) is 16.3 Å². The molecule has 1 rings (SSSR count). The van der Waals surface area contributed by atoms with Crippen LogP contribution in [0.15, 0.2) is 18.2 Å². The zero-order chi connectivity index (χ0) is 11.4. The zero-order valence-electron chi connectivity index (χ0n) is 8.54. The normalized spacial score (nSPS) is 9.80. The van der Waals surface area contributed by atoms with Gasteiger partial charge in [-0.15, -0.1) is 0 Å². The summed E-state index contributed by atoms with van der Waals surface area (Å²) in [6, 6.07) is 4.75. The molecule has 0 bridgehead atoms. The second-order valence-electron chi connectivity index (χ2n) is 3.15. The average Bonchev–Trinajstić information content (AvgIpc) is 2.16. The predicted molar refractivity (Wildman–Crippen MR) is 57.6 cm³/mol. The van der Waals surface area contributed by atoms with Gasteiger partial charge in [-0.25, -0.2) is 0 Å². The van der Waals surface area contributed by atoms with Gasteiger partial charge in [0.05, 0.1) is 18.6 Å². The van der Waals surface area contributed by atoms with Gasteiger partial charge in [-0.1, -0.05) is 11.6 Å². The molecule has 4 heteroatoms. The molecule has 3 nitrogen and oxygen atoms in total. The molecule has 80 valence electrons. The zero-order valence-corrected chi connectivity index (χ0v) is 9.30. The summed E-state index contributed by atoms with van der Waals surface area (Å²) in [5.41, 5.74) is 0.354. The predicted octanol–water partition coefficient (Wildman–Crippen LogP) is 2.51. The SMILES string of the molecule is COc1ccc(C(=O)CC(C)=O)c(Cl)c1. The summed E-state index contributed by atoms with van der Waals surface area (Å²) in [6.45, 7) is 1.37. The summed E-state index contributed by atoms with van der Waals surface area (Å²) >= 11 is 5.87. The maximum absolute atomic E-state index is 11.5. The molecule has 0 radical (unpaired) electrons. The topological polar surface area (TPSA) is 43.4 Å². The van der Waals surface area contributed by atoms with Gasteiger partial charge in [-0.05, 0) is 25.1 Å². The van der Waals surface area contributed by atoms with E-state index in [-0.39, 0.29) is 18.0 Å². The van der Waals surface area contributed by atoms with Crippen molar-refractivity contribution in [3.05, 3.63) is 28.8 Å². The molecule has 0 spiro atoms. The maximum Gasteiger partial charge on any atom is 0.171 e. The second-order valence-corrected chi connectivity index (χ2v) is 3.55. The van der Waals surface area contributed by atoms with Gasteiger partial charge in [0.1, 0.15) is 11.5 Å². The van der Waals surface area contributed by atoms with E-state index in [0.717, 1.165) is 0 Å². The van der Waals surface area contributed by atoms with Crippen LogP contribution in [-0.4, -0.2) is 18.7 Å². The first kappa shape index (κ1) is 11.7. The molecular weight excluding hydrogens is 216 g/mol. The Hall–Kier alpha value is -1.35. The van der Waals surface area contributed by atoms with E-state index in [1.807, 2.05) is 0 Å². The van der Waals surface area contributed by atoms with Crippen molar-refractivity contribution in [2.45, 2.75) is 13.3 Å². The van der Waals surface area contributed by atoms with E-state index >= 15 is 0 Å². The molecule has 0 aromatic heterocycles. The van der Waals surface area contributed by atoms with Crippen LogP contribution in [0.5, 0.6) is 5.75 Å². The van der Waals surface area contributed by atoms with Crippen molar-refractivity contribution in [2.75, 3.05) is 7.11 Å². The van der Waals surface area contributed by atoms with Crippen molar-refractivity contribution in [2.24, 2.45) is 0 Å². The van der Waals surface area contributed by atoms with Crippen molar-refractivity contribution >= 4 is 23.2 Å². The molecule has 0 heterocycles. The molecule has 0 N–H and O–H groups in total. The minimum absolute atomic E-state index is 0.119. The van der Waals surface area contributed by atoms with E-state index in [1.165, 1.54) is 14.0 Å². The lowest BCUT2D eigenvalue weighted by atomic mass is 10.1. The van der Waals surface area contributed by atoms with Crippen molar-refractivity contribution in [1.82, 2.24) is 0 Å². The van der Waals surface area contributed by atoms with E-state index in [9.17, 15) is 9.59 Å². The Morgan fingerprint density at radius 3 is 2.53 bits per heavy atom. The quantitative estimate of drug-likeness (QED) is 0.585. The molecular formula is C11H11ClO3. The third-order valence-corrected chi connectivity index (χ3v) is 2.20. The van der Waals surface area contributed by atoms with Crippen molar-refractivity contribution in [3.63, 3.8) is 0 Å². The largest absolute Gasteiger partial charge is 0.497 e. The van der Waals surface area contributed by atoms with E-state index < -0.39 is 0 Å². The number of Topliss-reactive ketones (excluding diaryl/α,β-unsaturated/α-hetero) is 2. The van der Waals surface area contributed by atoms with Crippen LogP contribution in [0, 0.1) is 0 Å². The standard InChI is InChI=1S/C11H11ClO3/c1-7(13)5-11(14)9-4-3-8(15-2)6-10(9)12/h3-4,6H,5H2,1-2H3. The van der Waals surface area contributed by atoms with Crippen molar-refractivity contribution in [1.29, 1.82) is 0 Å². The van der Waals surface area contributed by atoms with Gasteiger partial charge in [-0.3, -0.25) is 9.59 Å². The number of methoxy groups -OCH3 is 1. The summed E-state index contributed by atoms with van der Waals surface area (Å²) in [6.07, 6.45) is -0.119. The Morgan fingerprint density at radius 2 is 2.07 bits per heavy atom. The van der Waals surface area contributed by atoms with Crippen LogP contribution in [0.1, 0.15) is 23.7 Å². The summed E-state index contributed by atoms with van der Waals surface area (Å²) in [5, 5.41) is 0.306. The van der Waals surface area contributed by atoms with Crippen LogP contribution < -0.4 is 4.74 Å². The second kappa shape index (κ2) is 4.94. The highest BCUT2D eigenvalue weighted by Crippen LogP contribution is 2.23. The van der Waals surface area contributed by atoms with E-state index in [0.29, 0.717) is 16.3 Å². The number of rotatable bonds is 4. The van der Waals surface area contributed by atoms with E-state index in [2.05, 4.69) is 0 Å². The number of benzene rings is 1. The highest BCUT2D eigenvalue weighted by Gasteiger charge is 2.12. The van der Waals surface area contributed by atoms with Gasteiger partial charge in [0.15, 0.2) is 5.78 Å². The maximum atomic E-state index is 11.5. The first-order valence-corrected chi connectivity index (χ1v) is 4.78. The third kappa shape index (κ3) is 3.06. The van der Waals surface area contributed by atoms with E-state index in [1.54, 1.807) is 18.2 Å². The Bertz CT molecular complexity index is 399. The molecule has 1 aromatic carbocycles. The molecule has 1 aromatic rings. The first-order chi connectivity index (χ1) is 7.04. The number of carbonyl (C=O) groups is 2. The molecule has 0 amide bonds. The lowest BCUT2D eigenvalue weighted by Crippen LogP contribution is -2.05. The van der Waals surface area contributed by atoms with Crippen LogP contribution in [0.2, 0.25) is 5.02 Å². The fourth-order valence-electron chi connectivity index (χ4n) is 1.17. The molecule has 0 atom stereocenters. The third-order valence-electron chi connectivity index (χ3n) is 1.89. The highest BCUT2D eigenvalue weighted by atomic mass is 35.5. The van der Waals surface area contributed by atoms with Crippen molar-refractivity contribution < 1.29 is 14.3 Å². The molecule has 0 aliphatic rings. The average molecular weight is 227 g/mol. The molecule has 0 saturated carbocycles. The van der Waals surface area contributed by atoms with Gasteiger partial charge in [0.25, 0.3) is 0 Å². The van der Waals surface area contributed by atoms with Gasteiger partial charge < -0.3 is 4.74 Å². The molecule has 0 aliphatic heterocycles. The van der Waals surface area contributed by atoms with Crippen molar-refractivity contribution in [3.8, 4) is 5.75 Å². The fraction of sp³-hybridized carbons (Fsp3) is 0.273. The smallest absolute Gasteiger partial charge is 0.171 e. The number of hydrogen-bond donors (Lipinski definition) is 0. The fourth-order valence-corrected chi connectivity index (χ4v) is 1.45. The number of ether oxygens (including phenoxy) is 1. The van der Waals surface area contributed by atoms with Crippen LogP contribution in [-0.2, 0) is 4.79 Å². The number of ketones is 2. The minimum Gasteiger partial charge on any atom is -0.497 e. The summed E-state index contributed by atoms with van der Waals surface area (Å²) in [5.74, 6) is 0.140. The summed E-state index contributed by atoms with van der Waals surface area (Å²) < 4.78 is 4.95. The highest BCUT2D eigenvalue weighted by molar-refractivity contribution is 6.34. The van der Waals surface area contributed by atoms with Gasteiger partial charge in [-0.2, -0.15) is 0 Å². The lowest BCUT2D eigenvalue weighted by Gasteiger charge is -2.04. The van der Waals surface area contributed by atoms with Crippen LogP contribution in [0.3, 0.4) is 0 Å². The number of carbonyl (C=O) groups excluding carboxylic acids is 2. The van der Waals surface area contributed by atoms with Gasteiger partial charge in [0.2, 0.25) is 0 Å². The Kier molecular flexibility index (Phi) is 3.86. The molecule has 0 saturated heterocycles. The molecule has 0 aliphatic carbocycles. The number of hydrogen-bond acceptors (Lipinski definition) is 3. The monoisotopic (exact) mass is 226 g/mol.